The maximum atomic E-state index is 11.8. The third-order valence-electron chi connectivity index (χ3n) is 7.79. The Bertz CT molecular complexity index is 1680. The fourth-order valence-corrected chi connectivity index (χ4v) is 7.76. The van der Waals surface area contributed by atoms with E-state index < -0.39 is 32.2 Å². The van der Waals surface area contributed by atoms with Gasteiger partial charge in [0.05, 0.1) is 36.4 Å². The van der Waals surface area contributed by atoms with E-state index in [0.717, 1.165) is 19.7 Å². The number of hydrogen-bond acceptors (Lipinski definition) is 12. The number of aromatic hydroxyl groups is 2. The molecule has 2 saturated heterocycles. The van der Waals surface area contributed by atoms with Crippen LogP contribution in [0.25, 0.3) is 0 Å². The molecular formula is C28H32N4O12S2. The molecular weight excluding hydrogens is 648 g/mol. The molecule has 4 N–H and O–H groups in total. The Balaban J connectivity index is 0.000000181. The summed E-state index contributed by atoms with van der Waals surface area (Å²) in [4.78, 5) is 45.8. The molecule has 6 rings (SSSR count). The van der Waals surface area contributed by atoms with Crippen LogP contribution < -0.4 is 18.1 Å². The van der Waals surface area contributed by atoms with E-state index in [1.165, 1.54) is 24.3 Å². The van der Waals surface area contributed by atoms with Gasteiger partial charge in [-0.1, -0.05) is 12.1 Å². The lowest BCUT2D eigenvalue weighted by Gasteiger charge is -2.16. The molecule has 4 atom stereocenters. The quantitative estimate of drug-likeness (QED) is 0.279. The van der Waals surface area contributed by atoms with E-state index in [0.29, 0.717) is 26.1 Å². The Morgan fingerprint density at radius 1 is 0.739 bits per heavy atom. The predicted octanol–water partition coefficient (Wildman–Crippen LogP) is 0.480. The molecule has 0 unspecified atom stereocenters. The van der Waals surface area contributed by atoms with Gasteiger partial charge in [-0.15, -0.1) is 0 Å². The first kappa shape index (κ1) is 32.8. The molecule has 0 aromatic heterocycles. The minimum absolute atomic E-state index is 0.0282. The molecule has 16 nitrogen and oxygen atoms in total. The molecule has 248 valence electrons. The number of rotatable bonds is 8. The second kappa shape index (κ2) is 12.3. The predicted molar refractivity (Wildman–Crippen MR) is 160 cm³/mol. The monoisotopic (exact) mass is 680 g/mol. The Hall–Kier alpha value is -4.58. The highest BCUT2D eigenvalue weighted by Gasteiger charge is 2.47. The number of amides is 2. The normalized spacial score (nSPS) is 25.1. The maximum absolute atomic E-state index is 11.8. The average molecular weight is 681 g/mol. The van der Waals surface area contributed by atoms with Crippen molar-refractivity contribution in [2.24, 2.45) is 11.8 Å². The van der Waals surface area contributed by atoms with Crippen molar-refractivity contribution in [3.63, 3.8) is 0 Å². The Morgan fingerprint density at radius 3 is 1.39 bits per heavy atom. The second-order valence-corrected chi connectivity index (χ2v) is 14.2. The number of esters is 2. The molecule has 2 aromatic rings. The van der Waals surface area contributed by atoms with E-state index in [1.807, 2.05) is 9.44 Å². The second-order valence-electron chi connectivity index (χ2n) is 11.0. The van der Waals surface area contributed by atoms with Crippen LogP contribution in [0.3, 0.4) is 0 Å². The van der Waals surface area contributed by atoms with Crippen LogP contribution in [0.4, 0.5) is 11.4 Å². The van der Waals surface area contributed by atoms with Gasteiger partial charge in [0, 0.05) is 0 Å². The number of phenolic OH excluding ortho intramolecular Hbond substituents is 2. The summed E-state index contributed by atoms with van der Waals surface area (Å²) < 4.78 is 62.4. The zero-order chi connectivity index (χ0) is 33.6. The van der Waals surface area contributed by atoms with Crippen molar-refractivity contribution in [3.8, 4) is 11.5 Å². The van der Waals surface area contributed by atoms with Crippen LogP contribution in [-0.4, -0.2) is 77.1 Å². The summed E-state index contributed by atoms with van der Waals surface area (Å²) in [6.07, 6.45) is 1.28. The number of ether oxygens (including phenoxy) is 2. The summed E-state index contributed by atoms with van der Waals surface area (Å²) in [5.74, 6) is -2.87. The number of anilines is 2. The van der Waals surface area contributed by atoms with E-state index in [1.54, 1.807) is 26.0 Å². The zero-order valence-corrected chi connectivity index (χ0v) is 26.3. The molecule has 2 aliphatic carbocycles. The molecule has 0 bridgehead atoms. The molecule has 2 saturated carbocycles. The lowest BCUT2D eigenvalue weighted by Crippen LogP contribution is -2.29. The Morgan fingerprint density at radius 2 is 1.11 bits per heavy atom. The van der Waals surface area contributed by atoms with E-state index in [2.05, 4.69) is 0 Å². The van der Waals surface area contributed by atoms with Gasteiger partial charge in [0.2, 0.25) is 0 Å². The molecule has 2 aliphatic heterocycles. The lowest BCUT2D eigenvalue weighted by atomic mass is 10.1. The number of hydrogen-bond donors (Lipinski definition) is 4. The lowest BCUT2D eigenvalue weighted by molar-refractivity contribution is -0.145. The smallest absolute Gasteiger partial charge is 0.326 e. The molecule has 2 aromatic carbocycles. The number of benzene rings is 2. The largest absolute Gasteiger partial charge is 0.506 e. The third-order valence-corrected chi connectivity index (χ3v) is 10.6. The van der Waals surface area contributed by atoms with Crippen LogP contribution >= 0.6 is 0 Å². The molecule has 2 heterocycles. The van der Waals surface area contributed by atoms with Crippen molar-refractivity contribution < 1.29 is 55.7 Å². The summed E-state index contributed by atoms with van der Waals surface area (Å²) in [6.45, 7) is 3.37. The minimum atomic E-state index is -3.96. The molecule has 4 fully saturated rings. The first-order valence-electron chi connectivity index (χ1n) is 14.3. The number of phenols is 2. The van der Waals surface area contributed by atoms with Crippen LogP contribution in [0.15, 0.2) is 36.4 Å². The number of nitrogens with zero attached hydrogens (tertiary/aromatic N) is 2. The van der Waals surface area contributed by atoms with Crippen LogP contribution in [0.2, 0.25) is 0 Å². The van der Waals surface area contributed by atoms with Crippen LogP contribution in [0.1, 0.15) is 49.7 Å². The average Bonchev–Trinajstić information content (AvgIpc) is 3.88. The summed E-state index contributed by atoms with van der Waals surface area (Å²) >= 11 is 0. The Labute approximate surface area is 264 Å². The van der Waals surface area contributed by atoms with Crippen LogP contribution in [-0.2, 0) is 49.1 Å². The Kier molecular flexibility index (Phi) is 8.78. The van der Waals surface area contributed by atoms with Gasteiger partial charge in [-0.25, -0.2) is 18.1 Å². The number of carbonyl (C=O) groups excluding carboxylic acids is 4. The number of nitrogens with one attached hydrogen (secondary N) is 2. The van der Waals surface area contributed by atoms with Gasteiger partial charge in [-0.3, -0.25) is 19.2 Å². The molecule has 4 aliphatic rings. The maximum Gasteiger partial charge on any atom is 0.326 e. The number of carbonyl (C=O) groups is 4. The van der Waals surface area contributed by atoms with Crippen molar-refractivity contribution in [2.45, 2.75) is 38.5 Å². The third kappa shape index (κ3) is 6.67. The van der Waals surface area contributed by atoms with E-state index >= 15 is 0 Å². The van der Waals surface area contributed by atoms with Gasteiger partial charge >= 0.3 is 32.4 Å². The van der Waals surface area contributed by atoms with E-state index in [9.17, 15) is 46.2 Å². The molecule has 0 radical (unpaired) electrons. The van der Waals surface area contributed by atoms with Gasteiger partial charge in [0.1, 0.15) is 24.6 Å². The first-order chi connectivity index (χ1) is 21.7. The highest BCUT2D eigenvalue weighted by atomic mass is 32.2. The van der Waals surface area contributed by atoms with Crippen molar-refractivity contribution in [2.75, 3.05) is 34.9 Å². The zero-order valence-electron chi connectivity index (χ0n) is 24.7. The van der Waals surface area contributed by atoms with Gasteiger partial charge in [-0.05, 0) is 73.9 Å². The van der Waals surface area contributed by atoms with Crippen molar-refractivity contribution in [3.05, 3.63) is 47.5 Å². The van der Waals surface area contributed by atoms with Gasteiger partial charge in [0.15, 0.2) is 0 Å². The highest BCUT2D eigenvalue weighted by Crippen LogP contribution is 2.50. The van der Waals surface area contributed by atoms with Crippen molar-refractivity contribution >= 4 is 55.5 Å². The van der Waals surface area contributed by atoms with Gasteiger partial charge < -0.3 is 19.7 Å². The fourth-order valence-electron chi connectivity index (χ4n) is 5.43. The topological polar surface area (TPSA) is 226 Å². The first-order valence-corrected chi connectivity index (χ1v) is 17.2. The fraction of sp³-hybridized carbons (Fsp3) is 0.429. The summed E-state index contributed by atoms with van der Waals surface area (Å²) in [6, 6.07) is 9.02. The van der Waals surface area contributed by atoms with Gasteiger partial charge in [-0.2, -0.15) is 16.8 Å². The summed E-state index contributed by atoms with van der Waals surface area (Å²) in [5, 5.41) is 20.2. The van der Waals surface area contributed by atoms with Crippen molar-refractivity contribution in [1.29, 1.82) is 0 Å². The van der Waals surface area contributed by atoms with Crippen molar-refractivity contribution in [1.82, 2.24) is 9.44 Å². The minimum Gasteiger partial charge on any atom is -0.506 e. The van der Waals surface area contributed by atoms with Gasteiger partial charge in [0.25, 0.3) is 11.8 Å². The standard InChI is InChI=1S/2C14H16N2O6S/c2*1-2-22-14(19)10-6-9(10)8-3-4-11(12(17)5-8)16-7-13(18)15-23(16,20)21/h2*3-5,9-10,17H,2,6-7H2,1H3,(H,15,18)/t9-,10+;9-,10-/m01/s1. The molecule has 2 amide bonds. The highest BCUT2D eigenvalue weighted by molar-refractivity contribution is 7.92. The molecule has 0 spiro atoms. The van der Waals surface area contributed by atoms with Crippen LogP contribution in [0, 0.1) is 11.8 Å². The van der Waals surface area contributed by atoms with E-state index in [4.69, 9.17) is 9.47 Å². The van der Waals surface area contributed by atoms with Crippen LogP contribution in [0.5, 0.6) is 11.5 Å². The summed E-state index contributed by atoms with van der Waals surface area (Å²) in [7, 11) is -7.92. The molecule has 18 heteroatoms. The molecule has 46 heavy (non-hydrogen) atoms. The SMILES string of the molecule is CCOC(=O)[C@@H]1C[C@@H]1c1ccc(N2CC(=O)NS2(=O)=O)c(O)c1.CCOC(=O)[C@@H]1C[C@H]1c1ccc(N2CC(=O)NS2(=O)=O)c(O)c1. The van der Waals surface area contributed by atoms with E-state index in [-0.39, 0.29) is 71.6 Å². The summed E-state index contributed by atoms with van der Waals surface area (Å²) in [5.41, 5.74) is 1.53.